The van der Waals surface area contributed by atoms with Gasteiger partial charge in [0.25, 0.3) is 5.91 Å². The first kappa shape index (κ1) is 19.2. The molecular weight excluding hydrogens is 368 g/mol. The molecule has 1 saturated heterocycles. The summed E-state index contributed by atoms with van der Waals surface area (Å²) in [6.07, 6.45) is 3.33. The topological polar surface area (TPSA) is 40.6 Å². The van der Waals surface area contributed by atoms with Crippen molar-refractivity contribution in [1.29, 1.82) is 0 Å². The van der Waals surface area contributed by atoms with Crippen molar-refractivity contribution in [2.24, 2.45) is 5.92 Å². The van der Waals surface area contributed by atoms with Crippen molar-refractivity contribution in [2.75, 3.05) is 19.6 Å². The second-order valence-electron chi connectivity index (χ2n) is 8.26. The van der Waals surface area contributed by atoms with Crippen LogP contribution in [0.2, 0.25) is 0 Å². The first-order valence-corrected chi connectivity index (χ1v) is 11.2. The van der Waals surface area contributed by atoms with Gasteiger partial charge in [-0.05, 0) is 48.3 Å². The van der Waals surface area contributed by atoms with Crippen LogP contribution in [0.1, 0.15) is 65.9 Å². The Morgan fingerprint density at radius 3 is 2.54 bits per heavy atom. The predicted molar refractivity (Wildman–Crippen MR) is 113 cm³/mol. The summed E-state index contributed by atoms with van der Waals surface area (Å²) in [6.45, 7) is 6.56. The molecule has 4 nitrogen and oxygen atoms in total. The molecule has 2 aliphatic rings. The summed E-state index contributed by atoms with van der Waals surface area (Å²) in [5.74, 6) is 0.226. The lowest BCUT2D eigenvalue weighted by molar-refractivity contribution is -0.135. The second kappa shape index (κ2) is 8.08. The standard InChI is InChI=1S/C23H28N2O2S/c1-16(2)15-25-21(19-11-8-14-28-19)20(23(27)24-12-6-3-7-13-24)17-9-4-5-10-18(17)22(25)26/h4-5,8-11,14,16,20-21H,3,6-7,12-13,15H2,1-2H3/t20-,21+/m1/s1. The van der Waals surface area contributed by atoms with Crippen LogP contribution in [0.5, 0.6) is 0 Å². The van der Waals surface area contributed by atoms with E-state index < -0.39 is 0 Å². The van der Waals surface area contributed by atoms with Crippen LogP contribution in [-0.2, 0) is 4.79 Å². The van der Waals surface area contributed by atoms with E-state index in [9.17, 15) is 9.59 Å². The summed E-state index contributed by atoms with van der Waals surface area (Å²) in [5, 5.41) is 2.04. The van der Waals surface area contributed by atoms with E-state index in [-0.39, 0.29) is 23.8 Å². The molecule has 2 atom stereocenters. The third-order valence-electron chi connectivity index (χ3n) is 5.77. The molecule has 0 aliphatic carbocycles. The molecular formula is C23H28N2O2S. The molecule has 1 aromatic heterocycles. The van der Waals surface area contributed by atoms with Gasteiger partial charge in [-0.1, -0.05) is 38.1 Å². The highest BCUT2D eigenvalue weighted by Crippen LogP contribution is 2.45. The molecule has 0 saturated carbocycles. The number of rotatable bonds is 4. The average Bonchev–Trinajstić information content (AvgIpc) is 3.24. The van der Waals surface area contributed by atoms with Crippen molar-refractivity contribution < 1.29 is 9.59 Å². The third-order valence-corrected chi connectivity index (χ3v) is 6.71. The summed E-state index contributed by atoms with van der Waals surface area (Å²) in [4.78, 5) is 32.2. The molecule has 2 aromatic rings. The van der Waals surface area contributed by atoms with E-state index in [1.54, 1.807) is 11.3 Å². The van der Waals surface area contributed by atoms with Crippen molar-refractivity contribution in [3.8, 4) is 0 Å². The number of amides is 2. The second-order valence-corrected chi connectivity index (χ2v) is 9.24. The van der Waals surface area contributed by atoms with E-state index >= 15 is 0 Å². The lowest BCUT2D eigenvalue weighted by Crippen LogP contribution is -2.50. The fourth-order valence-corrected chi connectivity index (χ4v) is 5.41. The van der Waals surface area contributed by atoms with Crippen LogP contribution < -0.4 is 0 Å². The lowest BCUT2D eigenvalue weighted by Gasteiger charge is -2.43. The molecule has 2 aliphatic heterocycles. The molecule has 0 unspecified atom stereocenters. The molecule has 0 N–H and O–H groups in total. The highest BCUT2D eigenvalue weighted by Gasteiger charge is 2.45. The van der Waals surface area contributed by atoms with Gasteiger partial charge < -0.3 is 9.80 Å². The van der Waals surface area contributed by atoms with Gasteiger partial charge in [0.2, 0.25) is 5.91 Å². The Hall–Kier alpha value is -2.14. The molecule has 148 valence electrons. The Balaban J connectivity index is 1.83. The van der Waals surface area contributed by atoms with Crippen LogP contribution >= 0.6 is 11.3 Å². The monoisotopic (exact) mass is 396 g/mol. The molecule has 1 aromatic carbocycles. The number of piperidine rings is 1. The first-order chi connectivity index (χ1) is 13.6. The van der Waals surface area contributed by atoms with Gasteiger partial charge in [-0.3, -0.25) is 9.59 Å². The van der Waals surface area contributed by atoms with E-state index in [1.807, 2.05) is 45.5 Å². The minimum absolute atomic E-state index is 0.0467. The van der Waals surface area contributed by atoms with Crippen molar-refractivity contribution >= 4 is 23.2 Å². The molecule has 28 heavy (non-hydrogen) atoms. The maximum atomic E-state index is 13.8. The molecule has 2 amide bonds. The summed E-state index contributed by atoms with van der Waals surface area (Å²) in [6, 6.07) is 11.6. The molecule has 0 spiro atoms. The van der Waals surface area contributed by atoms with Gasteiger partial charge in [0.05, 0.1) is 12.0 Å². The number of likely N-dealkylation sites (tertiary alicyclic amines) is 1. The summed E-state index contributed by atoms with van der Waals surface area (Å²) >= 11 is 1.64. The zero-order valence-corrected chi connectivity index (χ0v) is 17.5. The third kappa shape index (κ3) is 3.48. The van der Waals surface area contributed by atoms with Crippen molar-refractivity contribution in [3.05, 3.63) is 57.8 Å². The van der Waals surface area contributed by atoms with Crippen LogP contribution in [0.15, 0.2) is 41.8 Å². The van der Waals surface area contributed by atoms with Gasteiger partial charge in [0.1, 0.15) is 0 Å². The van der Waals surface area contributed by atoms with E-state index in [0.29, 0.717) is 18.0 Å². The molecule has 0 bridgehead atoms. The molecule has 1 fully saturated rings. The highest BCUT2D eigenvalue weighted by atomic mass is 32.1. The van der Waals surface area contributed by atoms with Gasteiger partial charge in [0.15, 0.2) is 0 Å². The zero-order valence-electron chi connectivity index (χ0n) is 16.6. The van der Waals surface area contributed by atoms with Gasteiger partial charge in [-0.2, -0.15) is 0 Å². The zero-order chi connectivity index (χ0) is 19.7. The summed E-state index contributed by atoms with van der Waals surface area (Å²) in [5.41, 5.74) is 1.58. The minimum Gasteiger partial charge on any atom is -0.342 e. The van der Waals surface area contributed by atoms with Crippen LogP contribution in [-0.4, -0.2) is 41.2 Å². The number of fused-ring (bicyclic) bond motifs is 1. The van der Waals surface area contributed by atoms with E-state index in [1.165, 1.54) is 6.42 Å². The quantitative estimate of drug-likeness (QED) is 0.752. The fourth-order valence-electron chi connectivity index (χ4n) is 4.54. The SMILES string of the molecule is CC(C)CN1C(=O)c2ccccc2[C@@H](C(=O)N2CCCCC2)[C@@H]1c1cccs1. The fraction of sp³-hybridized carbons (Fsp3) is 0.478. The van der Waals surface area contributed by atoms with Gasteiger partial charge in [0, 0.05) is 30.1 Å². The van der Waals surface area contributed by atoms with Crippen molar-refractivity contribution in [1.82, 2.24) is 9.80 Å². The van der Waals surface area contributed by atoms with E-state index in [2.05, 4.69) is 19.9 Å². The number of nitrogens with zero attached hydrogens (tertiary/aromatic N) is 2. The Morgan fingerprint density at radius 1 is 1.11 bits per heavy atom. The molecule has 4 rings (SSSR count). The van der Waals surface area contributed by atoms with Crippen LogP contribution in [0.3, 0.4) is 0 Å². The van der Waals surface area contributed by atoms with Crippen LogP contribution in [0.25, 0.3) is 0 Å². The number of hydrogen-bond acceptors (Lipinski definition) is 3. The number of benzene rings is 1. The highest BCUT2D eigenvalue weighted by molar-refractivity contribution is 7.10. The smallest absolute Gasteiger partial charge is 0.254 e. The van der Waals surface area contributed by atoms with E-state index in [0.717, 1.165) is 36.4 Å². The van der Waals surface area contributed by atoms with Crippen molar-refractivity contribution in [2.45, 2.75) is 45.1 Å². The van der Waals surface area contributed by atoms with Gasteiger partial charge in [-0.15, -0.1) is 11.3 Å². The van der Waals surface area contributed by atoms with Gasteiger partial charge >= 0.3 is 0 Å². The molecule has 0 radical (unpaired) electrons. The number of carbonyl (C=O) groups excluding carboxylic acids is 2. The largest absolute Gasteiger partial charge is 0.342 e. The maximum Gasteiger partial charge on any atom is 0.254 e. The average molecular weight is 397 g/mol. The van der Waals surface area contributed by atoms with Crippen LogP contribution in [0, 0.1) is 5.92 Å². The minimum atomic E-state index is -0.329. The normalized spacial score (nSPS) is 22.5. The number of hydrogen-bond donors (Lipinski definition) is 0. The number of carbonyl (C=O) groups is 2. The maximum absolute atomic E-state index is 13.8. The predicted octanol–water partition coefficient (Wildman–Crippen LogP) is 4.70. The van der Waals surface area contributed by atoms with Crippen molar-refractivity contribution in [3.63, 3.8) is 0 Å². The Bertz CT molecular complexity index is 840. The number of thiophene rings is 1. The summed E-state index contributed by atoms with van der Waals surface area (Å²) in [7, 11) is 0. The van der Waals surface area contributed by atoms with E-state index in [4.69, 9.17) is 0 Å². The molecule has 3 heterocycles. The Morgan fingerprint density at radius 2 is 1.86 bits per heavy atom. The molecule has 5 heteroatoms. The lowest BCUT2D eigenvalue weighted by atomic mass is 9.80. The first-order valence-electron chi connectivity index (χ1n) is 10.3. The Kier molecular flexibility index (Phi) is 5.54. The summed E-state index contributed by atoms with van der Waals surface area (Å²) < 4.78 is 0. The Labute approximate surface area is 171 Å². The van der Waals surface area contributed by atoms with Gasteiger partial charge in [-0.25, -0.2) is 0 Å². The van der Waals surface area contributed by atoms with Crippen LogP contribution in [0.4, 0.5) is 0 Å².